The van der Waals surface area contributed by atoms with Crippen LogP contribution in [0.25, 0.3) is 0 Å². The number of benzene rings is 3. The summed E-state index contributed by atoms with van der Waals surface area (Å²) in [5.41, 5.74) is 0.623. The normalized spacial score (nSPS) is 18.8. The average Bonchev–Trinajstić information content (AvgIpc) is 3.03. The van der Waals surface area contributed by atoms with Gasteiger partial charge >= 0.3 is 29.8 Å². The molecule has 2 aliphatic rings. The molecular formula is C35H32O15. The van der Waals surface area contributed by atoms with Crippen LogP contribution in [0.5, 0.6) is 40.2 Å². The summed E-state index contributed by atoms with van der Waals surface area (Å²) >= 11 is 0. The van der Waals surface area contributed by atoms with Gasteiger partial charge in [0.25, 0.3) is 0 Å². The number of rotatable bonds is 9. The van der Waals surface area contributed by atoms with E-state index in [0.29, 0.717) is 11.1 Å². The van der Waals surface area contributed by atoms with Crippen LogP contribution in [-0.4, -0.2) is 61.6 Å². The van der Waals surface area contributed by atoms with Crippen molar-refractivity contribution < 1.29 is 71.4 Å². The summed E-state index contributed by atoms with van der Waals surface area (Å²) < 4.78 is 50.6. The van der Waals surface area contributed by atoms with Gasteiger partial charge in [-0.05, 0) is 24.3 Å². The maximum atomic E-state index is 13.9. The highest BCUT2D eigenvalue weighted by atomic mass is 16.6. The Kier molecular flexibility index (Phi) is 10.2. The molecule has 0 aromatic heterocycles. The Hall–Kier alpha value is -6.12. The summed E-state index contributed by atoms with van der Waals surface area (Å²) in [6, 6.07) is 11.8. The highest BCUT2D eigenvalue weighted by Crippen LogP contribution is 2.47. The van der Waals surface area contributed by atoms with Crippen molar-refractivity contribution in [3.05, 3.63) is 65.2 Å². The lowest BCUT2D eigenvalue weighted by Gasteiger charge is -2.36. The van der Waals surface area contributed by atoms with E-state index < -0.39 is 60.0 Å². The summed E-state index contributed by atoms with van der Waals surface area (Å²) in [7, 11) is 1.40. The van der Waals surface area contributed by atoms with E-state index in [1.807, 2.05) is 0 Å². The predicted octanol–water partition coefficient (Wildman–Crippen LogP) is 4.16. The molecular weight excluding hydrogens is 660 g/mol. The fourth-order valence-corrected chi connectivity index (χ4v) is 5.41. The van der Waals surface area contributed by atoms with Gasteiger partial charge in [-0.25, -0.2) is 0 Å². The summed E-state index contributed by atoms with van der Waals surface area (Å²) in [4.78, 5) is 73.0. The van der Waals surface area contributed by atoms with Gasteiger partial charge in [-0.3, -0.25) is 28.8 Å². The van der Waals surface area contributed by atoms with E-state index >= 15 is 0 Å². The monoisotopic (exact) mass is 692 g/mol. The molecule has 262 valence electrons. The number of esters is 5. The van der Waals surface area contributed by atoms with Gasteiger partial charge < -0.3 is 42.6 Å². The standard InChI is InChI=1S/C35H32O15/c1-16(36)43-15-30-33(21-7-9-24(45-18(3)38)26(11-21)42-6)49-27-12-22(8-10-25(27)48-30)34-35(47-20(5)40)32(41)31-28(46-19(4)39)13-23(44-17(2)37)14-29(31)50-34/h7-14,30,33-35H,15H2,1-6H3/t30-,33+,34+,35+/m1/s1. The lowest BCUT2D eigenvalue weighted by Crippen LogP contribution is -2.40. The quantitative estimate of drug-likeness (QED) is 0.230. The summed E-state index contributed by atoms with van der Waals surface area (Å²) in [6.07, 6.45) is -4.53. The van der Waals surface area contributed by atoms with Crippen molar-refractivity contribution in [2.75, 3.05) is 13.7 Å². The lowest BCUT2D eigenvalue weighted by atomic mass is 9.92. The number of carbonyl (C=O) groups excluding carboxylic acids is 6. The zero-order valence-corrected chi connectivity index (χ0v) is 27.8. The highest BCUT2D eigenvalue weighted by molar-refractivity contribution is 6.07. The Bertz CT molecular complexity index is 1880. The fraction of sp³-hybridized carbons (Fsp3) is 0.314. The van der Waals surface area contributed by atoms with E-state index in [1.54, 1.807) is 24.3 Å². The Balaban J connectivity index is 1.56. The summed E-state index contributed by atoms with van der Waals surface area (Å²) in [5.74, 6) is -3.66. The molecule has 2 heterocycles. The third-order valence-electron chi connectivity index (χ3n) is 7.27. The van der Waals surface area contributed by atoms with Crippen LogP contribution in [-0.2, 0) is 33.4 Å². The molecule has 0 amide bonds. The van der Waals surface area contributed by atoms with Crippen LogP contribution in [0.1, 0.15) is 68.3 Å². The minimum absolute atomic E-state index is 0.0658. The van der Waals surface area contributed by atoms with Crippen LogP contribution in [0.4, 0.5) is 0 Å². The third kappa shape index (κ3) is 7.77. The van der Waals surface area contributed by atoms with Crippen LogP contribution in [0.3, 0.4) is 0 Å². The van der Waals surface area contributed by atoms with Gasteiger partial charge in [0.2, 0.25) is 11.9 Å². The number of methoxy groups -OCH3 is 1. The second kappa shape index (κ2) is 14.6. The van der Waals surface area contributed by atoms with Gasteiger partial charge in [-0.1, -0.05) is 12.1 Å². The van der Waals surface area contributed by atoms with Gasteiger partial charge in [0.1, 0.15) is 29.4 Å². The van der Waals surface area contributed by atoms with Crippen molar-refractivity contribution in [2.24, 2.45) is 0 Å². The zero-order chi connectivity index (χ0) is 36.3. The molecule has 2 aliphatic heterocycles. The van der Waals surface area contributed by atoms with Crippen molar-refractivity contribution in [1.29, 1.82) is 0 Å². The molecule has 0 aliphatic carbocycles. The van der Waals surface area contributed by atoms with Gasteiger partial charge in [-0.15, -0.1) is 0 Å². The van der Waals surface area contributed by atoms with Crippen molar-refractivity contribution in [3.63, 3.8) is 0 Å². The van der Waals surface area contributed by atoms with E-state index in [9.17, 15) is 28.8 Å². The van der Waals surface area contributed by atoms with Crippen LogP contribution < -0.4 is 33.2 Å². The molecule has 0 unspecified atom stereocenters. The first-order valence-electron chi connectivity index (χ1n) is 15.1. The van der Waals surface area contributed by atoms with Crippen molar-refractivity contribution in [3.8, 4) is 40.2 Å². The molecule has 4 atom stereocenters. The molecule has 15 nitrogen and oxygen atoms in total. The molecule has 0 radical (unpaired) electrons. The Morgan fingerprint density at radius 2 is 1.26 bits per heavy atom. The molecule has 0 saturated heterocycles. The second-order valence-corrected chi connectivity index (χ2v) is 11.1. The SMILES string of the molecule is COc1cc([C@@H]2Oc3cc([C@@H]4Oc5cc(OC(C)=O)cc(OC(C)=O)c5C(=O)[C@@H]4OC(C)=O)ccc3O[C@@H]2COC(C)=O)ccc1OC(C)=O. The topological polar surface area (TPSA) is 185 Å². The molecule has 0 spiro atoms. The van der Waals surface area contributed by atoms with E-state index in [2.05, 4.69) is 0 Å². The first-order valence-corrected chi connectivity index (χ1v) is 15.1. The molecule has 0 fully saturated rings. The third-order valence-corrected chi connectivity index (χ3v) is 7.27. The smallest absolute Gasteiger partial charge is 0.308 e. The van der Waals surface area contributed by atoms with Gasteiger partial charge in [0.15, 0.2) is 41.3 Å². The molecule has 0 saturated carbocycles. The molecule has 15 heteroatoms. The Morgan fingerprint density at radius 1 is 0.620 bits per heavy atom. The first kappa shape index (κ1) is 35.2. The second-order valence-electron chi connectivity index (χ2n) is 11.1. The average molecular weight is 693 g/mol. The largest absolute Gasteiger partial charge is 0.493 e. The number of Topliss-reactive ketones (excluding diaryl/α,β-unsaturated/α-hetero) is 1. The fourth-order valence-electron chi connectivity index (χ4n) is 5.41. The maximum absolute atomic E-state index is 13.9. The van der Waals surface area contributed by atoms with Gasteiger partial charge in [0, 0.05) is 57.9 Å². The number of fused-ring (bicyclic) bond motifs is 2. The minimum atomic E-state index is -1.54. The summed E-state index contributed by atoms with van der Waals surface area (Å²) in [5, 5.41) is 0. The zero-order valence-electron chi connectivity index (χ0n) is 27.8. The van der Waals surface area contributed by atoms with Crippen molar-refractivity contribution in [2.45, 2.75) is 59.0 Å². The van der Waals surface area contributed by atoms with E-state index in [4.69, 9.17) is 42.6 Å². The highest BCUT2D eigenvalue weighted by Gasteiger charge is 2.44. The molecule has 0 N–H and O–H groups in total. The van der Waals surface area contributed by atoms with Crippen LogP contribution in [0.15, 0.2) is 48.5 Å². The molecule has 5 rings (SSSR count). The molecule has 0 bridgehead atoms. The van der Waals surface area contributed by atoms with E-state index in [0.717, 1.165) is 13.8 Å². The Labute approximate surface area is 285 Å². The van der Waals surface area contributed by atoms with Crippen molar-refractivity contribution >= 4 is 35.6 Å². The summed E-state index contributed by atoms with van der Waals surface area (Å²) in [6.45, 7) is 5.73. The number of ether oxygens (including phenoxy) is 9. The first-order chi connectivity index (χ1) is 23.7. The molecule has 3 aromatic carbocycles. The number of ketones is 1. The van der Waals surface area contributed by atoms with Crippen molar-refractivity contribution in [1.82, 2.24) is 0 Å². The lowest BCUT2D eigenvalue weighted by molar-refractivity contribution is -0.149. The maximum Gasteiger partial charge on any atom is 0.308 e. The van der Waals surface area contributed by atoms with E-state index in [-0.39, 0.29) is 52.4 Å². The van der Waals surface area contributed by atoms with Gasteiger partial charge in [-0.2, -0.15) is 0 Å². The molecule has 3 aromatic rings. The van der Waals surface area contributed by atoms with Crippen LogP contribution >= 0.6 is 0 Å². The number of hydrogen-bond acceptors (Lipinski definition) is 15. The molecule has 50 heavy (non-hydrogen) atoms. The van der Waals surface area contributed by atoms with Crippen LogP contribution in [0, 0.1) is 0 Å². The number of hydrogen-bond donors (Lipinski definition) is 0. The Morgan fingerprint density at radius 3 is 1.90 bits per heavy atom. The predicted molar refractivity (Wildman–Crippen MR) is 167 cm³/mol. The van der Waals surface area contributed by atoms with Crippen LogP contribution in [0.2, 0.25) is 0 Å². The van der Waals surface area contributed by atoms with E-state index in [1.165, 1.54) is 52.1 Å². The minimum Gasteiger partial charge on any atom is -0.493 e. The number of carbonyl (C=O) groups is 6. The van der Waals surface area contributed by atoms with Gasteiger partial charge in [0.05, 0.1) is 7.11 Å².